The van der Waals surface area contributed by atoms with E-state index in [2.05, 4.69) is 20.3 Å². The molecule has 0 aromatic carbocycles. The van der Waals surface area contributed by atoms with Crippen molar-refractivity contribution in [1.29, 1.82) is 0 Å². The lowest BCUT2D eigenvalue weighted by molar-refractivity contribution is -0.128. The van der Waals surface area contributed by atoms with Gasteiger partial charge in [-0.2, -0.15) is 15.0 Å². The molecule has 2 heterocycles. The maximum Gasteiger partial charge on any atom is 0.231 e. The molecular weight excluding hydrogens is 280 g/mol. The smallest absolute Gasteiger partial charge is 0.231 e. The molecule has 1 atom stereocenters. The van der Waals surface area contributed by atoms with Crippen LogP contribution in [0.2, 0.25) is 5.28 Å². The zero-order valence-electron chi connectivity index (χ0n) is 12.1. The molecule has 1 aliphatic rings. The van der Waals surface area contributed by atoms with Gasteiger partial charge in [0.1, 0.15) is 0 Å². The van der Waals surface area contributed by atoms with E-state index in [0.29, 0.717) is 18.4 Å². The monoisotopic (exact) mass is 298 g/mol. The van der Waals surface area contributed by atoms with E-state index in [1.807, 2.05) is 25.9 Å². The maximum absolute atomic E-state index is 11.9. The van der Waals surface area contributed by atoms with Crippen LogP contribution in [0.15, 0.2) is 0 Å². The molecule has 7 nitrogen and oxygen atoms in total. The van der Waals surface area contributed by atoms with Gasteiger partial charge in [-0.25, -0.2) is 0 Å². The number of aromatic nitrogens is 3. The maximum atomic E-state index is 11.9. The molecule has 0 aliphatic carbocycles. The largest absolute Gasteiger partial charge is 0.359 e. The number of hydrogen-bond acceptors (Lipinski definition) is 6. The molecule has 1 aliphatic heterocycles. The summed E-state index contributed by atoms with van der Waals surface area (Å²) in [7, 11) is 5.34. The molecule has 1 amide bonds. The number of nitrogens with zero attached hydrogens (tertiary/aromatic N) is 5. The van der Waals surface area contributed by atoms with Gasteiger partial charge < -0.3 is 15.1 Å². The predicted octanol–water partition coefficient (Wildman–Crippen LogP) is 0.553. The molecule has 110 valence electrons. The molecule has 1 N–H and O–H groups in total. The van der Waals surface area contributed by atoms with Gasteiger partial charge in [0.05, 0.1) is 5.41 Å². The summed E-state index contributed by atoms with van der Waals surface area (Å²) in [5, 5.41) is 2.87. The summed E-state index contributed by atoms with van der Waals surface area (Å²) < 4.78 is 0. The lowest BCUT2D eigenvalue weighted by Crippen LogP contribution is -2.39. The fourth-order valence-corrected chi connectivity index (χ4v) is 2.44. The number of carbonyl (C=O) groups is 1. The Morgan fingerprint density at radius 2 is 2.10 bits per heavy atom. The lowest BCUT2D eigenvalue weighted by atomic mass is 9.89. The molecule has 0 saturated carbocycles. The van der Waals surface area contributed by atoms with Crippen LogP contribution in [-0.2, 0) is 4.79 Å². The average molecular weight is 299 g/mol. The van der Waals surface area contributed by atoms with Crippen LogP contribution in [-0.4, -0.2) is 55.1 Å². The molecule has 0 spiro atoms. The number of amides is 1. The van der Waals surface area contributed by atoms with Crippen molar-refractivity contribution in [3.05, 3.63) is 5.28 Å². The van der Waals surface area contributed by atoms with E-state index in [1.165, 1.54) is 0 Å². The minimum absolute atomic E-state index is 0.0352. The van der Waals surface area contributed by atoms with Crippen molar-refractivity contribution >= 4 is 29.4 Å². The van der Waals surface area contributed by atoms with Gasteiger partial charge in [0, 0.05) is 34.2 Å². The molecule has 1 aromatic rings. The number of anilines is 2. The van der Waals surface area contributed by atoms with E-state index in [-0.39, 0.29) is 11.2 Å². The van der Waals surface area contributed by atoms with Crippen LogP contribution in [0.3, 0.4) is 0 Å². The molecule has 20 heavy (non-hydrogen) atoms. The van der Waals surface area contributed by atoms with Crippen molar-refractivity contribution in [3.63, 3.8) is 0 Å². The van der Waals surface area contributed by atoms with Gasteiger partial charge in [-0.1, -0.05) is 0 Å². The van der Waals surface area contributed by atoms with Crippen LogP contribution in [0.1, 0.15) is 13.3 Å². The van der Waals surface area contributed by atoms with Gasteiger partial charge in [0.15, 0.2) is 0 Å². The van der Waals surface area contributed by atoms with Gasteiger partial charge in [-0.3, -0.25) is 4.79 Å². The number of carbonyl (C=O) groups excluding carboxylic acids is 1. The van der Waals surface area contributed by atoms with Crippen molar-refractivity contribution in [2.75, 3.05) is 44.0 Å². The molecule has 1 aromatic heterocycles. The van der Waals surface area contributed by atoms with Crippen molar-refractivity contribution in [2.24, 2.45) is 5.41 Å². The molecule has 0 bridgehead atoms. The van der Waals surface area contributed by atoms with Crippen LogP contribution in [0, 0.1) is 5.41 Å². The molecule has 1 unspecified atom stereocenters. The Kier molecular flexibility index (Phi) is 3.99. The van der Waals surface area contributed by atoms with Crippen molar-refractivity contribution in [3.8, 4) is 0 Å². The number of rotatable bonds is 3. The number of halogens is 1. The molecule has 2 rings (SSSR count). The Morgan fingerprint density at radius 1 is 1.40 bits per heavy atom. The summed E-state index contributed by atoms with van der Waals surface area (Å²) >= 11 is 5.94. The Balaban J connectivity index is 2.24. The standard InChI is InChI=1S/C12H19ClN6O/c1-12(8(20)14-2)5-6-19(7-12)11-16-9(13)15-10(17-11)18(3)4/h5-7H2,1-4H3,(H,14,20). The second-order valence-electron chi connectivity index (χ2n) is 5.41. The fourth-order valence-electron chi connectivity index (χ4n) is 2.29. The first-order chi connectivity index (χ1) is 9.35. The van der Waals surface area contributed by atoms with E-state index >= 15 is 0 Å². The van der Waals surface area contributed by atoms with E-state index in [9.17, 15) is 4.79 Å². The predicted molar refractivity (Wildman–Crippen MR) is 78.2 cm³/mol. The minimum Gasteiger partial charge on any atom is -0.359 e. The van der Waals surface area contributed by atoms with E-state index in [0.717, 1.165) is 13.0 Å². The summed E-state index contributed by atoms with van der Waals surface area (Å²) in [6.07, 6.45) is 0.757. The Hall–Kier alpha value is -1.63. The van der Waals surface area contributed by atoms with Crippen LogP contribution in [0.25, 0.3) is 0 Å². The third-order valence-electron chi connectivity index (χ3n) is 3.52. The molecule has 0 radical (unpaired) electrons. The first kappa shape index (κ1) is 14.8. The highest BCUT2D eigenvalue weighted by Crippen LogP contribution is 2.32. The molecule has 1 fully saturated rings. The zero-order chi connectivity index (χ0) is 14.9. The van der Waals surface area contributed by atoms with Gasteiger partial charge in [-0.05, 0) is 24.9 Å². The van der Waals surface area contributed by atoms with Gasteiger partial charge in [0.25, 0.3) is 0 Å². The zero-order valence-corrected chi connectivity index (χ0v) is 12.9. The Morgan fingerprint density at radius 3 is 2.70 bits per heavy atom. The SMILES string of the molecule is CNC(=O)C1(C)CCN(c2nc(Cl)nc(N(C)C)n2)C1. The fraction of sp³-hybridized carbons (Fsp3) is 0.667. The third kappa shape index (κ3) is 2.77. The first-order valence-electron chi connectivity index (χ1n) is 6.42. The topological polar surface area (TPSA) is 74.2 Å². The highest BCUT2D eigenvalue weighted by atomic mass is 35.5. The average Bonchev–Trinajstić information content (AvgIpc) is 2.81. The molecule has 8 heteroatoms. The number of hydrogen-bond donors (Lipinski definition) is 1. The highest BCUT2D eigenvalue weighted by molar-refractivity contribution is 6.28. The van der Waals surface area contributed by atoms with E-state index in [1.54, 1.807) is 11.9 Å². The highest BCUT2D eigenvalue weighted by Gasteiger charge is 2.40. The Bertz CT molecular complexity index is 523. The second kappa shape index (κ2) is 5.40. The van der Waals surface area contributed by atoms with E-state index < -0.39 is 5.41 Å². The van der Waals surface area contributed by atoms with Gasteiger partial charge in [-0.15, -0.1) is 0 Å². The minimum atomic E-state index is -0.424. The van der Waals surface area contributed by atoms with Crippen molar-refractivity contribution in [2.45, 2.75) is 13.3 Å². The Labute approximate surface area is 123 Å². The first-order valence-corrected chi connectivity index (χ1v) is 6.79. The van der Waals surface area contributed by atoms with Crippen LogP contribution < -0.4 is 15.1 Å². The van der Waals surface area contributed by atoms with Crippen LogP contribution >= 0.6 is 11.6 Å². The third-order valence-corrected chi connectivity index (χ3v) is 3.68. The quantitative estimate of drug-likeness (QED) is 0.878. The van der Waals surface area contributed by atoms with Crippen molar-refractivity contribution in [1.82, 2.24) is 20.3 Å². The van der Waals surface area contributed by atoms with E-state index in [4.69, 9.17) is 11.6 Å². The van der Waals surface area contributed by atoms with Gasteiger partial charge in [0.2, 0.25) is 23.1 Å². The molecule has 1 saturated heterocycles. The summed E-state index contributed by atoms with van der Waals surface area (Å²) in [6.45, 7) is 3.23. The normalized spacial score (nSPS) is 21.9. The summed E-state index contributed by atoms with van der Waals surface area (Å²) in [6, 6.07) is 0. The lowest BCUT2D eigenvalue weighted by Gasteiger charge is -2.23. The molecular formula is C12H19ClN6O. The summed E-state index contributed by atoms with van der Waals surface area (Å²) in [5.74, 6) is 1.06. The van der Waals surface area contributed by atoms with Crippen LogP contribution in [0.5, 0.6) is 0 Å². The number of nitrogens with one attached hydrogen (secondary N) is 1. The van der Waals surface area contributed by atoms with Crippen molar-refractivity contribution < 1.29 is 4.79 Å². The van der Waals surface area contributed by atoms with Crippen LogP contribution in [0.4, 0.5) is 11.9 Å². The van der Waals surface area contributed by atoms with Gasteiger partial charge >= 0.3 is 0 Å². The second-order valence-corrected chi connectivity index (χ2v) is 5.75. The summed E-state index contributed by atoms with van der Waals surface area (Å²) in [5.41, 5.74) is -0.424. The summed E-state index contributed by atoms with van der Waals surface area (Å²) in [4.78, 5) is 28.3.